The summed E-state index contributed by atoms with van der Waals surface area (Å²) in [6, 6.07) is 0. The summed E-state index contributed by atoms with van der Waals surface area (Å²) in [5.41, 5.74) is -0.189. The zero-order chi connectivity index (χ0) is 12.4. The number of morpholine rings is 1. The quantitative estimate of drug-likeness (QED) is 0.770. The number of ether oxygens (including phenoxy) is 1. The molecule has 0 radical (unpaired) electrons. The van der Waals surface area contributed by atoms with Crippen LogP contribution in [-0.4, -0.2) is 67.3 Å². The van der Waals surface area contributed by atoms with E-state index in [4.69, 9.17) is 4.74 Å². The van der Waals surface area contributed by atoms with Crippen molar-refractivity contribution >= 4 is 5.91 Å². The van der Waals surface area contributed by atoms with E-state index in [9.17, 15) is 4.79 Å². The van der Waals surface area contributed by atoms with E-state index in [2.05, 4.69) is 10.2 Å². The van der Waals surface area contributed by atoms with Gasteiger partial charge in [0, 0.05) is 26.2 Å². The predicted molar refractivity (Wildman–Crippen MR) is 68.2 cm³/mol. The van der Waals surface area contributed by atoms with Crippen molar-refractivity contribution in [2.75, 3.05) is 46.1 Å². The molecule has 0 atom stereocenters. The molecule has 102 valence electrons. The molecule has 5 heteroatoms. The molecule has 2 saturated heterocycles. The minimum absolute atomic E-state index is 0.189. The van der Waals surface area contributed by atoms with E-state index in [1.165, 1.54) is 12.8 Å². The summed E-state index contributed by atoms with van der Waals surface area (Å²) in [6.07, 6.45) is 4.44. The van der Waals surface area contributed by atoms with Gasteiger partial charge in [-0.05, 0) is 12.8 Å². The second-order valence-electron chi connectivity index (χ2n) is 5.65. The molecule has 1 saturated carbocycles. The number of hydrogen-bond donors (Lipinski definition) is 1. The minimum atomic E-state index is -0.189. The maximum absolute atomic E-state index is 12.4. The number of carbonyl (C=O) groups excluding carboxylic acids is 1. The fourth-order valence-corrected chi connectivity index (χ4v) is 3.33. The molecule has 1 amide bonds. The zero-order valence-electron chi connectivity index (χ0n) is 11.0. The molecule has 1 N–H and O–H groups in total. The highest BCUT2D eigenvalue weighted by Crippen LogP contribution is 2.34. The fraction of sp³-hybridized carbons (Fsp3) is 0.923. The molecule has 0 aromatic heterocycles. The highest BCUT2D eigenvalue weighted by molar-refractivity contribution is 5.88. The van der Waals surface area contributed by atoms with Gasteiger partial charge in [-0.3, -0.25) is 15.0 Å². The average molecular weight is 253 g/mol. The summed E-state index contributed by atoms with van der Waals surface area (Å²) in [6.45, 7) is 6.23. The molecule has 0 aromatic rings. The normalized spacial score (nSPS) is 28.4. The topological polar surface area (TPSA) is 44.8 Å². The Labute approximate surface area is 108 Å². The highest BCUT2D eigenvalue weighted by atomic mass is 16.5. The van der Waals surface area contributed by atoms with Crippen molar-refractivity contribution in [1.82, 2.24) is 15.1 Å². The number of nitrogens with zero attached hydrogens (tertiary/aromatic N) is 2. The van der Waals surface area contributed by atoms with Crippen LogP contribution in [0.25, 0.3) is 0 Å². The second-order valence-corrected chi connectivity index (χ2v) is 5.65. The molecule has 1 spiro atoms. The Kier molecular flexibility index (Phi) is 3.54. The molecule has 18 heavy (non-hydrogen) atoms. The van der Waals surface area contributed by atoms with Crippen LogP contribution in [0, 0.1) is 0 Å². The number of rotatable bonds is 3. The highest BCUT2D eigenvalue weighted by Gasteiger charge is 2.47. The lowest BCUT2D eigenvalue weighted by atomic mass is 9.98. The molecule has 3 rings (SSSR count). The van der Waals surface area contributed by atoms with Gasteiger partial charge in [-0.15, -0.1) is 0 Å². The molecule has 3 fully saturated rings. The van der Waals surface area contributed by atoms with E-state index in [1.807, 2.05) is 4.90 Å². The number of nitrogens with one attached hydrogen (secondary N) is 1. The standard InChI is InChI=1S/C13H23N3O2/c17-12-13(3-1-2-4-13)14-11-16(12)6-5-15-7-9-18-10-8-15/h14H,1-11H2. The molecule has 1 aliphatic carbocycles. The van der Waals surface area contributed by atoms with Crippen molar-refractivity contribution in [3.05, 3.63) is 0 Å². The van der Waals surface area contributed by atoms with Crippen LogP contribution in [0.1, 0.15) is 25.7 Å². The Morgan fingerprint density at radius 3 is 2.61 bits per heavy atom. The van der Waals surface area contributed by atoms with Crippen molar-refractivity contribution in [3.63, 3.8) is 0 Å². The van der Waals surface area contributed by atoms with Crippen LogP contribution in [0.3, 0.4) is 0 Å². The third-order valence-corrected chi connectivity index (χ3v) is 4.55. The van der Waals surface area contributed by atoms with Crippen molar-refractivity contribution in [1.29, 1.82) is 0 Å². The zero-order valence-corrected chi connectivity index (χ0v) is 11.0. The van der Waals surface area contributed by atoms with Crippen molar-refractivity contribution in [3.8, 4) is 0 Å². The summed E-state index contributed by atoms with van der Waals surface area (Å²) in [5.74, 6) is 0.341. The average Bonchev–Trinajstić information content (AvgIpc) is 3.00. The van der Waals surface area contributed by atoms with E-state index < -0.39 is 0 Å². The van der Waals surface area contributed by atoms with Crippen LogP contribution >= 0.6 is 0 Å². The van der Waals surface area contributed by atoms with Gasteiger partial charge in [-0.2, -0.15) is 0 Å². The summed E-state index contributed by atoms with van der Waals surface area (Å²) in [5, 5.41) is 3.45. The molecule has 0 unspecified atom stereocenters. The lowest BCUT2D eigenvalue weighted by Gasteiger charge is -2.28. The third-order valence-electron chi connectivity index (χ3n) is 4.55. The maximum Gasteiger partial charge on any atom is 0.244 e. The Bertz CT molecular complexity index is 309. The van der Waals surface area contributed by atoms with Gasteiger partial charge in [0.1, 0.15) is 0 Å². The first-order chi connectivity index (χ1) is 8.80. The van der Waals surface area contributed by atoms with Crippen LogP contribution < -0.4 is 5.32 Å². The third kappa shape index (κ3) is 2.27. The Balaban J connectivity index is 1.50. The molecule has 0 bridgehead atoms. The molecular weight excluding hydrogens is 230 g/mol. The Morgan fingerprint density at radius 2 is 1.89 bits per heavy atom. The van der Waals surface area contributed by atoms with Gasteiger partial charge in [0.25, 0.3) is 0 Å². The van der Waals surface area contributed by atoms with Crippen LogP contribution in [-0.2, 0) is 9.53 Å². The van der Waals surface area contributed by atoms with Crippen LogP contribution in [0.5, 0.6) is 0 Å². The fourth-order valence-electron chi connectivity index (χ4n) is 3.33. The minimum Gasteiger partial charge on any atom is -0.379 e. The second kappa shape index (κ2) is 5.15. The molecule has 0 aromatic carbocycles. The Hall–Kier alpha value is -0.650. The molecular formula is C13H23N3O2. The SMILES string of the molecule is O=C1N(CCN2CCOCC2)CNC12CCCC2. The predicted octanol–water partition coefficient (Wildman–Crippen LogP) is 0.0207. The van der Waals surface area contributed by atoms with E-state index in [-0.39, 0.29) is 5.54 Å². The first-order valence-electron chi connectivity index (χ1n) is 7.15. The van der Waals surface area contributed by atoms with Crippen molar-refractivity contribution in [2.24, 2.45) is 0 Å². The summed E-state index contributed by atoms with van der Waals surface area (Å²) >= 11 is 0. The summed E-state index contributed by atoms with van der Waals surface area (Å²) in [4.78, 5) is 16.8. The summed E-state index contributed by atoms with van der Waals surface area (Å²) in [7, 11) is 0. The van der Waals surface area contributed by atoms with E-state index >= 15 is 0 Å². The van der Waals surface area contributed by atoms with Crippen LogP contribution in [0.2, 0.25) is 0 Å². The van der Waals surface area contributed by atoms with Crippen molar-refractivity contribution < 1.29 is 9.53 Å². The number of carbonyl (C=O) groups is 1. The maximum atomic E-state index is 12.4. The first kappa shape index (κ1) is 12.4. The summed E-state index contributed by atoms with van der Waals surface area (Å²) < 4.78 is 5.33. The lowest BCUT2D eigenvalue weighted by molar-refractivity contribution is -0.132. The van der Waals surface area contributed by atoms with Gasteiger partial charge in [0.2, 0.25) is 5.91 Å². The van der Waals surface area contributed by atoms with Crippen LogP contribution in [0.4, 0.5) is 0 Å². The number of amides is 1. The lowest BCUT2D eigenvalue weighted by Crippen LogP contribution is -2.45. The molecule has 2 heterocycles. The monoisotopic (exact) mass is 253 g/mol. The molecule has 5 nitrogen and oxygen atoms in total. The molecule has 3 aliphatic rings. The molecule has 2 aliphatic heterocycles. The smallest absolute Gasteiger partial charge is 0.244 e. The van der Waals surface area contributed by atoms with Gasteiger partial charge in [0.15, 0.2) is 0 Å². The number of hydrogen-bond acceptors (Lipinski definition) is 4. The van der Waals surface area contributed by atoms with Gasteiger partial charge < -0.3 is 9.64 Å². The van der Waals surface area contributed by atoms with Gasteiger partial charge in [-0.25, -0.2) is 0 Å². The van der Waals surface area contributed by atoms with Crippen molar-refractivity contribution in [2.45, 2.75) is 31.2 Å². The van der Waals surface area contributed by atoms with E-state index in [0.29, 0.717) is 5.91 Å². The van der Waals surface area contributed by atoms with Gasteiger partial charge in [0.05, 0.1) is 25.4 Å². The van der Waals surface area contributed by atoms with Gasteiger partial charge in [-0.1, -0.05) is 12.8 Å². The Morgan fingerprint density at radius 1 is 1.17 bits per heavy atom. The largest absolute Gasteiger partial charge is 0.379 e. The van der Waals surface area contributed by atoms with Crippen LogP contribution in [0.15, 0.2) is 0 Å². The van der Waals surface area contributed by atoms with E-state index in [1.54, 1.807) is 0 Å². The van der Waals surface area contributed by atoms with E-state index in [0.717, 1.165) is 58.9 Å². The van der Waals surface area contributed by atoms with Gasteiger partial charge >= 0.3 is 0 Å². The first-order valence-corrected chi connectivity index (χ1v) is 7.15.